The van der Waals surface area contributed by atoms with Crippen molar-refractivity contribution in [1.29, 1.82) is 0 Å². The van der Waals surface area contributed by atoms with Gasteiger partial charge >= 0.3 is 0 Å². The first kappa shape index (κ1) is 14.0. The summed E-state index contributed by atoms with van der Waals surface area (Å²) in [6, 6.07) is 3.09. The monoisotopic (exact) mass is 351 g/mol. The van der Waals surface area contributed by atoms with Gasteiger partial charge < -0.3 is 15.2 Å². The minimum Gasteiger partial charge on any atom is -0.507 e. The zero-order chi connectivity index (χ0) is 15.3. The molecule has 2 atom stereocenters. The van der Waals surface area contributed by atoms with Crippen molar-refractivity contribution < 1.29 is 24.2 Å². The summed E-state index contributed by atoms with van der Waals surface area (Å²) in [6.45, 7) is 1.65. The molecule has 1 amide bonds. The van der Waals surface area contributed by atoms with E-state index in [1.807, 2.05) is 0 Å². The van der Waals surface area contributed by atoms with Crippen LogP contribution in [0.15, 0.2) is 28.4 Å². The van der Waals surface area contributed by atoms with E-state index in [9.17, 15) is 19.5 Å². The number of aryl methyl sites for hydroxylation is 1. The first-order chi connectivity index (χ1) is 9.88. The predicted octanol–water partition coefficient (Wildman–Crippen LogP) is 0.996. The number of nitrogens with one attached hydrogen (secondary N) is 1. The van der Waals surface area contributed by atoms with Gasteiger partial charge in [-0.2, -0.15) is 0 Å². The van der Waals surface area contributed by atoms with Crippen LogP contribution in [0, 0.1) is 6.92 Å². The van der Waals surface area contributed by atoms with Crippen LogP contribution in [0.1, 0.15) is 15.9 Å². The molecule has 1 aliphatic carbocycles. The van der Waals surface area contributed by atoms with Gasteiger partial charge in [-0.25, -0.2) is 0 Å². The molecule has 0 radical (unpaired) electrons. The average molecular weight is 352 g/mol. The number of carbonyl (C=O) groups is 3. The van der Waals surface area contributed by atoms with Crippen molar-refractivity contribution in [3.05, 3.63) is 39.5 Å². The number of rotatable bonds is 2. The Morgan fingerprint density at radius 3 is 2.76 bits per heavy atom. The minimum atomic E-state index is -0.782. The zero-order valence-corrected chi connectivity index (χ0v) is 12.4. The van der Waals surface area contributed by atoms with E-state index >= 15 is 0 Å². The van der Waals surface area contributed by atoms with Crippen LogP contribution in [0.2, 0.25) is 0 Å². The molecule has 1 aromatic rings. The number of hydrogen-bond acceptors (Lipinski definition) is 5. The van der Waals surface area contributed by atoms with E-state index in [4.69, 9.17) is 4.74 Å². The maximum atomic E-state index is 12.2. The van der Waals surface area contributed by atoms with Crippen LogP contribution in [-0.4, -0.2) is 34.8 Å². The van der Waals surface area contributed by atoms with Gasteiger partial charge in [-0.05, 0) is 24.6 Å². The molecule has 3 rings (SSSR count). The van der Waals surface area contributed by atoms with Crippen LogP contribution in [-0.2, 0) is 14.3 Å². The maximum absolute atomic E-state index is 12.2. The number of epoxide rings is 1. The molecule has 6 nitrogen and oxygen atoms in total. The molecule has 2 aliphatic rings. The van der Waals surface area contributed by atoms with Crippen molar-refractivity contribution >= 4 is 33.4 Å². The molecule has 2 unspecified atom stereocenters. The van der Waals surface area contributed by atoms with E-state index in [-0.39, 0.29) is 22.8 Å². The number of aromatic hydroxyl groups is 1. The highest BCUT2D eigenvalue weighted by atomic mass is 79.9. The third kappa shape index (κ3) is 2.38. The topological polar surface area (TPSA) is 96.0 Å². The molecule has 7 heteroatoms. The number of halogens is 1. The van der Waals surface area contributed by atoms with Crippen molar-refractivity contribution in [2.75, 3.05) is 0 Å². The number of amides is 1. The maximum Gasteiger partial charge on any atom is 0.259 e. The van der Waals surface area contributed by atoms with Crippen LogP contribution in [0.5, 0.6) is 5.75 Å². The second-order valence-electron chi connectivity index (χ2n) is 4.87. The van der Waals surface area contributed by atoms with Crippen LogP contribution >= 0.6 is 15.9 Å². The number of fused-ring (bicyclic) bond motifs is 1. The fourth-order valence-electron chi connectivity index (χ4n) is 2.17. The molecule has 1 aliphatic heterocycles. The first-order valence-corrected chi connectivity index (χ1v) is 6.93. The standard InChI is InChI=1S/C14H10BrNO5/c1-5-2-6(15)3-7(10(5)18)14(20)16-8-4-9(17)12-13(21-12)11(8)19/h2-4,12-13,18H,1H3,(H,16,20). The Balaban J connectivity index is 1.87. The number of ketones is 2. The third-order valence-electron chi connectivity index (χ3n) is 3.34. The van der Waals surface area contributed by atoms with Crippen LogP contribution in [0.4, 0.5) is 0 Å². The fraction of sp³-hybridized carbons (Fsp3) is 0.214. The second kappa shape index (κ2) is 4.78. The number of Topliss-reactive ketones (excluding diaryl/α,β-unsaturated/α-hetero) is 1. The summed E-state index contributed by atoms with van der Waals surface area (Å²) in [5.74, 6) is -1.61. The van der Waals surface area contributed by atoms with E-state index in [0.717, 1.165) is 6.08 Å². The molecule has 21 heavy (non-hydrogen) atoms. The van der Waals surface area contributed by atoms with E-state index < -0.39 is 23.9 Å². The zero-order valence-electron chi connectivity index (χ0n) is 10.8. The van der Waals surface area contributed by atoms with Gasteiger partial charge in [-0.1, -0.05) is 15.9 Å². The summed E-state index contributed by atoms with van der Waals surface area (Å²) in [7, 11) is 0. The number of benzene rings is 1. The molecule has 2 N–H and O–H groups in total. The third-order valence-corrected chi connectivity index (χ3v) is 3.80. The minimum absolute atomic E-state index is 0.0156. The van der Waals surface area contributed by atoms with Crippen LogP contribution in [0.3, 0.4) is 0 Å². The molecule has 1 fully saturated rings. The number of carbonyl (C=O) groups excluding carboxylic acids is 3. The average Bonchev–Trinajstić information content (AvgIpc) is 3.20. The van der Waals surface area contributed by atoms with Gasteiger partial charge in [0.15, 0.2) is 18.0 Å². The Morgan fingerprint density at radius 2 is 2.05 bits per heavy atom. The summed E-state index contributed by atoms with van der Waals surface area (Å²) in [6.07, 6.45) is -0.411. The lowest BCUT2D eigenvalue weighted by Crippen LogP contribution is -2.34. The molecule has 1 aromatic carbocycles. The molecule has 1 heterocycles. The molecular formula is C14H10BrNO5. The van der Waals surface area contributed by atoms with Gasteiger partial charge in [-0.15, -0.1) is 0 Å². The molecule has 1 saturated heterocycles. The summed E-state index contributed by atoms with van der Waals surface area (Å²) < 4.78 is 5.54. The Kier molecular flexibility index (Phi) is 3.18. The Labute approximate surface area is 127 Å². The van der Waals surface area contributed by atoms with E-state index in [1.165, 1.54) is 6.07 Å². The molecule has 108 valence electrons. The van der Waals surface area contributed by atoms with Crippen molar-refractivity contribution in [3.8, 4) is 5.75 Å². The largest absolute Gasteiger partial charge is 0.507 e. The molecule has 0 saturated carbocycles. The van der Waals surface area contributed by atoms with Gasteiger partial charge in [0, 0.05) is 10.5 Å². The Morgan fingerprint density at radius 1 is 1.33 bits per heavy atom. The van der Waals surface area contributed by atoms with Gasteiger partial charge in [0.2, 0.25) is 5.78 Å². The van der Waals surface area contributed by atoms with Crippen molar-refractivity contribution in [1.82, 2.24) is 5.32 Å². The summed E-state index contributed by atoms with van der Waals surface area (Å²) >= 11 is 3.23. The Bertz CT molecular complexity index is 724. The number of phenols is 1. The highest BCUT2D eigenvalue weighted by Gasteiger charge is 2.53. The summed E-state index contributed by atoms with van der Waals surface area (Å²) in [4.78, 5) is 35.6. The van der Waals surface area contributed by atoms with Gasteiger partial charge in [-0.3, -0.25) is 14.4 Å². The van der Waals surface area contributed by atoms with Gasteiger partial charge in [0.05, 0.1) is 11.3 Å². The van der Waals surface area contributed by atoms with Crippen LogP contribution < -0.4 is 5.32 Å². The lowest BCUT2D eigenvalue weighted by Gasteiger charge is -2.12. The SMILES string of the molecule is Cc1cc(Br)cc(C(=O)NC2=CC(=O)C3OC3C2=O)c1O. The van der Waals surface area contributed by atoms with Crippen molar-refractivity contribution in [2.45, 2.75) is 19.1 Å². The van der Waals surface area contributed by atoms with E-state index in [0.29, 0.717) is 10.0 Å². The lowest BCUT2D eigenvalue weighted by atomic mass is 10.0. The number of phenolic OH excluding ortho intramolecular Hbond substituents is 1. The summed E-state index contributed by atoms with van der Waals surface area (Å²) in [5.41, 5.74) is 0.419. The van der Waals surface area contributed by atoms with Crippen LogP contribution in [0.25, 0.3) is 0 Å². The van der Waals surface area contributed by atoms with E-state index in [1.54, 1.807) is 13.0 Å². The second-order valence-corrected chi connectivity index (χ2v) is 5.79. The molecule has 0 spiro atoms. The smallest absolute Gasteiger partial charge is 0.259 e. The first-order valence-electron chi connectivity index (χ1n) is 6.14. The fourth-order valence-corrected chi connectivity index (χ4v) is 2.75. The Hall–Kier alpha value is -1.99. The lowest BCUT2D eigenvalue weighted by molar-refractivity contribution is -0.119. The highest BCUT2D eigenvalue weighted by molar-refractivity contribution is 9.10. The van der Waals surface area contributed by atoms with Crippen molar-refractivity contribution in [2.24, 2.45) is 0 Å². The van der Waals surface area contributed by atoms with Gasteiger partial charge in [0.25, 0.3) is 5.91 Å². The van der Waals surface area contributed by atoms with E-state index in [2.05, 4.69) is 21.2 Å². The highest BCUT2D eigenvalue weighted by Crippen LogP contribution is 2.31. The molecular weight excluding hydrogens is 342 g/mol. The summed E-state index contributed by atoms with van der Waals surface area (Å²) in [5, 5.41) is 12.3. The normalized spacial score (nSPS) is 23.4. The van der Waals surface area contributed by atoms with Crippen molar-refractivity contribution in [3.63, 3.8) is 0 Å². The number of hydrogen-bond donors (Lipinski definition) is 2. The molecule has 0 aromatic heterocycles. The molecule has 0 bridgehead atoms. The predicted molar refractivity (Wildman–Crippen MR) is 74.8 cm³/mol. The van der Waals surface area contributed by atoms with Gasteiger partial charge in [0.1, 0.15) is 5.75 Å². The quantitative estimate of drug-likeness (QED) is 0.774. The number of ether oxygens (including phenoxy) is 1.